The maximum absolute atomic E-state index is 12.4. The number of nitrogens with zero attached hydrogens (tertiary/aromatic N) is 1. The third-order valence-electron chi connectivity index (χ3n) is 4.30. The van der Waals surface area contributed by atoms with E-state index in [0.29, 0.717) is 13.0 Å². The summed E-state index contributed by atoms with van der Waals surface area (Å²) in [4.78, 5) is 25.5. The minimum Gasteiger partial charge on any atom is -0.460 e. The molecule has 4 nitrogen and oxygen atoms in total. The zero-order valence-electron chi connectivity index (χ0n) is 11.6. The molecule has 4 heteroatoms. The number of rotatable bonds is 3. The van der Waals surface area contributed by atoms with Crippen LogP contribution in [0.2, 0.25) is 0 Å². The smallest absolute Gasteiger partial charge is 0.302 e. The Labute approximate surface area is 118 Å². The van der Waals surface area contributed by atoms with Crippen LogP contribution >= 0.6 is 0 Å². The van der Waals surface area contributed by atoms with E-state index < -0.39 is 0 Å². The number of hydrogen-bond donors (Lipinski definition) is 0. The number of piperidine rings is 2. The summed E-state index contributed by atoms with van der Waals surface area (Å²) in [6.07, 6.45) is 2.41. The molecule has 0 N–H and O–H groups in total. The van der Waals surface area contributed by atoms with Crippen LogP contribution in [-0.2, 0) is 20.9 Å². The molecular formula is C16H19NO3. The predicted molar refractivity (Wildman–Crippen MR) is 73.7 cm³/mol. The standard InChI is InChI=1S/C16H19NO3/c1-11(18)20-15-9-13-7-8-14(15)17(16(13)19)10-12-5-3-2-4-6-12/h2-6,13-15H,7-10H2,1H3/t13-,14-,15-/m1/s1. The van der Waals surface area contributed by atoms with Crippen molar-refractivity contribution in [3.05, 3.63) is 35.9 Å². The molecule has 1 aromatic rings. The van der Waals surface area contributed by atoms with Gasteiger partial charge in [0.15, 0.2) is 0 Å². The maximum atomic E-state index is 12.4. The second-order valence-corrected chi connectivity index (χ2v) is 5.68. The van der Waals surface area contributed by atoms with Crippen molar-refractivity contribution in [3.8, 4) is 0 Å². The molecular weight excluding hydrogens is 254 g/mol. The first kappa shape index (κ1) is 13.2. The number of carbonyl (C=O) groups is 2. The zero-order chi connectivity index (χ0) is 14.1. The Bertz CT molecular complexity index is 514. The highest BCUT2D eigenvalue weighted by Gasteiger charge is 2.47. The summed E-state index contributed by atoms with van der Waals surface area (Å²) in [6, 6.07) is 10.0. The second kappa shape index (κ2) is 5.27. The Balaban J connectivity index is 1.78. The number of carbonyl (C=O) groups excluding carboxylic acids is 2. The van der Waals surface area contributed by atoms with Crippen molar-refractivity contribution in [2.45, 2.75) is 44.9 Å². The molecule has 4 rings (SSSR count). The van der Waals surface area contributed by atoms with Crippen LogP contribution in [0.1, 0.15) is 31.7 Å². The summed E-state index contributed by atoms with van der Waals surface area (Å²) >= 11 is 0. The fraction of sp³-hybridized carbons (Fsp3) is 0.500. The molecule has 1 saturated carbocycles. The number of hydrogen-bond acceptors (Lipinski definition) is 3. The van der Waals surface area contributed by atoms with Crippen molar-refractivity contribution in [3.63, 3.8) is 0 Å². The lowest BCUT2D eigenvalue weighted by atomic mass is 9.77. The van der Waals surface area contributed by atoms with Gasteiger partial charge in [0.1, 0.15) is 6.10 Å². The molecule has 20 heavy (non-hydrogen) atoms. The van der Waals surface area contributed by atoms with E-state index in [2.05, 4.69) is 0 Å². The topological polar surface area (TPSA) is 46.6 Å². The van der Waals surface area contributed by atoms with Crippen LogP contribution in [-0.4, -0.2) is 28.9 Å². The van der Waals surface area contributed by atoms with Gasteiger partial charge >= 0.3 is 5.97 Å². The Hall–Kier alpha value is -1.84. The van der Waals surface area contributed by atoms with Crippen molar-refractivity contribution in [1.29, 1.82) is 0 Å². The largest absolute Gasteiger partial charge is 0.460 e. The fourth-order valence-electron chi connectivity index (χ4n) is 3.41. The molecule has 2 saturated heterocycles. The van der Waals surface area contributed by atoms with Gasteiger partial charge in [0.2, 0.25) is 5.91 Å². The number of esters is 1. The Morgan fingerprint density at radius 3 is 2.75 bits per heavy atom. The van der Waals surface area contributed by atoms with Crippen LogP contribution in [0.5, 0.6) is 0 Å². The second-order valence-electron chi connectivity index (χ2n) is 5.68. The molecule has 3 atom stereocenters. The van der Waals surface area contributed by atoms with Crippen molar-refractivity contribution in [2.24, 2.45) is 5.92 Å². The van der Waals surface area contributed by atoms with Gasteiger partial charge < -0.3 is 9.64 Å². The van der Waals surface area contributed by atoms with Gasteiger partial charge in [-0.15, -0.1) is 0 Å². The first-order valence-corrected chi connectivity index (χ1v) is 7.17. The van der Waals surface area contributed by atoms with Gasteiger partial charge in [0.25, 0.3) is 0 Å². The molecule has 106 valence electrons. The quantitative estimate of drug-likeness (QED) is 0.793. The van der Waals surface area contributed by atoms with E-state index >= 15 is 0 Å². The van der Waals surface area contributed by atoms with E-state index in [-0.39, 0.29) is 29.9 Å². The SMILES string of the molecule is CC(=O)O[C@@H]1C[C@H]2CC[C@H]1N(Cc1ccccc1)C2=O. The third-order valence-corrected chi connectivity index (χ3v) is 4.30. The zero-order valence-corrected chi connectivity index (χ0v) is 11.6. The molecule has 2 bridgehead atoms. The van der Waals surface area contributed by atoms with Gasteiger partial charge in [-0.1, -0.05) is 30.3 Å². The fourth-order valence-corrected chi connectivity index (χ4v) is 3.41. The van der Waals surface area contributed by atoms with Crippen LogP contribution in [0.15, 0.2) is 30.3 Å². The van der Waals surface area contributed by atoms with Gasteiger partial charge in [-0.05, 0) is 24.8 Å². The highest BCUT2D eigenvalue weighted by Crippen LogP contribution is 2.38. The van der Waals surface area contributed by atoms with Crippen molar-refractivity contribution >= 4 is 11.9 Å². The highest BCUT2D eigenvalue weighted by atomic mass is 16.5. The van der Waals surface area contributed by atoms with Crippen LogP contribution in [0.3, 0.4) is 0 Å². The molecule has 0 unspecified atom stereocenters. The lowest BCUT2D eigenvalue weighted by molar-refractivity contribution is -0.171. The summed E-state index contributed by atoms with van der Waals surface area (Å²) in [5.74, 6) is -0.0174. The molecule has 0 aromatic heterocycles. The van der Waals surface area contributed by atoms with Crippen molar-refractivity contribution in [2.75, 3.05) is 0 Å². The van der Waals surface area contributed by atoms with E-state index in [4.69, 9.17) is 4.74 Å². The Morgan fingerprint density at radius 1 is 1.30 bits per heavy atom. The summed E-state index contributed by atoms with van der Waals surface area (Å²) in [5.41, 5.74) is 1.12. The van der Waals surface area contributed by atoms with Crippen LogP contribution < -0.4 is 0 Å². The lowest BCUT2D eigenvalue weighted by Gasteiger charge is -2.48. The Kier molecular flexibility index (Phi) is 3.47. The lowest BCUT2D eigenvalue weighted by Crippen LogP contribution is -2.59. The monoisotopic (exact) mass is 273 g/mol. The van der Waals surface area contributed by atoms with Gasteiger partial charge in [0.05, 0.1) is 6.04 Å². The minimum absolute atomic E-state index is 0.0214. The molecule has 1 amide bonds. The minimum atomic E-state index is -0.255. The van der Waals surface area contributed by atoms with Crippen LogP contribution in [0.25, 0.3) is 0 Å². The van der Waals surface area contributed by atoms with E-state index in [1.807, 2.05) is 35.2 Å². The van der Waals surface area contributed by atoms with Gasteiger partial charge in [-0.2, -0.15) is 0 Å². The van der Waals surface area contributed by atoms with E-state index in [9.17, 15) is 9.59 Å². The molecule has 0 radical (unpaired) electrons. The predicted octanol–water partition coefficient (Wildman–Crippen LogP) is 2.13. The average Bonchev–Trinajstić information content (AvgIpc) is 2.44. The number of amides is 1. The summed E-state index contributed by atoms with van der Waals surface area (Å²) in [7, 11) is 0. The van der Waals surface area contributed by atoms with Crippen LogP contribution in [0, 0.1) is 5.92 Å². The van der Waals surface area contributed by atoms with E-state index in [0.717, 1.165) is 18.4 Å². The van der Waals surface area contributed by atoms with Gasteiger partial charge in [0, 0.05) is 19.4 Å². The summed E-state index contributed by atoms with van der Waals surface area (Å²) < 4.78 is 5.41. The van der Waals surface area contributed by atoms with Gasteiger partial charge in [-0.25, -0.2) is 0 Å². The molecule has 1 aromatic carbocycles. The Morgan fingerprint density at radius 2 is 2.05 bits per heavy atom. The number of ether oxygens (including phenoxy) is 1. The van der Waals surface area contributed by atoms with Crippen molar-refractivity contribution in [1.82, 2.24) is 4.90 Å². The first-order valence-electron chi connectivity index (χ1n) is 7.17. The van der Waals surface area contributed by atoms with Crippen molar-refractivity contribution < 1.29 is 14.3 Å². The van der Waals surface area contributed by atoms with Gasteiger partial charge in [-0.3, -0.25) is 9.59 Å². The van der Waals surface area contributed by atoms with E-state index in [1.165, 1.54) is 6.92 Å². The molecule has 3 aliphatic rings. The van der Waals surface area contributed by atoms with E-state index in [1.54, 1.807) is 0 Å². The summed E-state index contributed by atoms with van der Waals surface area (Å²) in [5, 5.41) is 0. The number of fused-ring (bicyclic) bond motifs is 3. The average molecular weight is 273 g/mol. The summed E-state index contributed by atoms with van der Waals surface area (Å²) in [6.45, 7) is 2.05. The molecule has 2 heterocycles. The first-order chi connectivity index (χ1) is 9.65. The third kappa shape index (κ3) is 2.42. The maximum Gasteiger partial charge on any atom is 0.302 e. The number of benzene rings is 1. The van der Waals surface area contributed by atoms with Crippen LogP contribution in [0.4, 0.5) is 0 Å². The molecule has 3 fully saturated rings. The molecule has 2 aliphatic heterocycles. The molecule has 0 spiro atoms. The molecule has 1 aliphatic carbocycles. The highest BCUT2D eigenvalue weighted by molar-refractivity contribution is 5.81. The normalized spacial score (nSPS) is 28.6.